The summed E-state index contributed by atoms with van der Waals surface area (Å²) in [5.74, 6) is 0.933. The van der Waals surface area contributed by atoms with Gasteiger partial charge in [0.2, 0.25) is 5.91 Å². The van der Waals surface area contributed by atoms with E-state index in [2.05, 4.69) is 5.32 Å². The summed E-state index contributed by atoms with van der Waals surface area (Å²) in [5, 5.41) is 3.24. The molecule has 23 heavy (non-hydrogen) atoms. The molecule has 4 nitrogen and oxygen atoms in total. The molecule has 6 heteroatoms. The minimum atomic E-state index is -0.174. The third-order valence-electron chi connectivity index (χ3n) is 4.28. The van der Waals surface area contributed by atoms with Crippen LogP contribution in [-0.2, 0) is 4.79 Å². The van der Waals surface area contributed by atoms with Crippen molar-refractivity contribution in [1.82, 2.24) is 15.1 Å². The van der Waals surface area contributed by atoms with Gasteiger partial charge in [0.25, 0.3) is 0 Å². The van der Waals surface area contributed by atoms with Gasteiger partial charge in [0.05, 0.1) is 0 Å². The lowest BCUT2D eigenvalue weighted by Gasteiger charge is -2.36. The van der Waals surface area contributed by atoms with Gasteiger partial charge in [0, 0.05) is 13.1 Å². The number of likely N-dealkylation sites (tertiary alicyclic amines) is 1. The van der Waals surface area contributed by atoms with E-state index in [0.717, 1.165) is 38.0 Å². The number of hydrogen-bond acceptors (Lipinski definition) is 3. The molecule has 1 N–H and O–H groups in total. The predicted molar refractivity (Wildman–Crippen MR) is 101 cm³/mol. The van der Waals surface area contributed by atoms with Crippen molar-refractivity contribution in [3.05, 3.63) is 35.9 Å². The molecule has 0 bridgehead atoms. The van der Waals surface area contributed by atoms with E-state index < -0.39 is 0 Å². The van der Waals surface area contributed by atoms with Crippen molar-refractivity contribution < 1.29 is 4.79 Å². The standard InChI is InChI=1S/C17H27N3O.2ClH/c1-18-13-14-9-11-20(12-10-14)17(21)16(19(2)3)15-7-5-4-6-8-15;;/h4-8,14,16,18H,9-13H2,1-3H3;2*1H. The van der Waals surface area contributed by atoms with Gasteiger partial charge in [-0.2, -0.15) is 0 Å². The molecule has 132 valence electrons. The first-order chi connectivity index (χ1) is 10.1. The van der Waals surface area contributed by atoms with Gasteiger partial charge in [-0.25, -0.2) is 0 Å². The van der Waals surface area contributed by atoms with Crippen LogP contribution in [0.5, 0.6) is 0 Å². The quantitative estimate of drug-likeness (QED) is 0.875. The van der Waals surface area contributed by atoms with Crippen LogP contribution in [0.25, 0.3) is 0 Å². The Morgan fingerprint density at radius 3 is 2.26 bits per heavy atom. The van der Waals surface area contributed by atoms with Gasteiger partial charge in [0.1, 0.15) is 6.04 Å². The number of piperidine rings is 1. The van der Waals surface area contributed by atoms with Crippen molar-refractivity contribution in [3.63, 3.8) is 0 Å². The van der Waals surface area contributed by atoms with Crippen molar-refractivity contribution in [2.45, 2.75) is 18.9 Å². The maximum Gasteiger partial charge on any atom is 0.244 e. The number of amides is 1. The Labute approximate surface area is 152 Å². The number of benzene rings is 1. The fraction of sp³-hybridized carbons (Fsp3) is 0.588. The summed E-state index contributed by atoms with van der Waals surface area (Å²) in [6, 6.07) is 9.89. The fourth-order valence-corrected chi connectivity index (χ4v) is 3.12. The highest BCUT2D eigenvalue weighted by Gasteiger charge is 2.30. The Bertz CT molecular complexity index is 448. The summed E-state index contributed by atoms with van der Waals surface area (Å²) in [5.41, 5.74) is 1.07. The Morgan fingerprint density at radius 2 is 1.78 bits per heavy atom. The highest BCUT2D eigenvalue weighted by Crippen LogP contribution is 2.24. The second-order valence-corrected chi connectivity index (χ2v) is 6.10. The average Bonchev–Trinajstić information content (AvgIpc) is 2.49. The Balaban J connectivity index is 0.00000242. The highest BCUT2D eigenvalue weighted by atomic mass is 35.5. The van der Waals surface area contributed by atoms with E-state index >= 15 is 0 Å². The van der Waals surface area contributed by atoms with Crippen molar-refractivity contribution in [1.29, 1.82) is 0 Å². The fourth-order valence-electron chi connectivity index (χ4n) is 3.12. The first kappa shape index (κ1) is 22.2. The van der Waals surface area contributed by atoms with Gasteiger partial charge >= 0.3 is 0 Å². The second kappa shape index (κ2) is 10.9. The molecular weight excluding hydrogens is 333 g/mol. The molecule has 2 rings (SSSR count). The molecule has 1 aromatic carbocycles. The van der Waals surface area contributed by atoms with Crippen LogP contribution in [0.4, 0.5) is 0 Å². The first-order valence-corrected chi connectivity index (χ1v) is 7.78. The maximum atomic E-state index is 12.9. The van der Waals surface area contributed by atoms with Crippen LogP contribution >= 0.6 is 24.8 Å². The van der Waals surface area contributed by atoms with Crippen LogP contribution in [0, 0.1) is 5.92 Å². The van der Waals surface area contributed by atoms with Gasteiger partial charge in [0.15, 0.2) is 0 Å². The van der Waals surface area contributed by atoms with Gasteiger partial charge in [-0.05, 0) is 52.0 Å². The molecular formula is C17H29Cl2N3O. The molecule has 0 saturated carbocycles. The highest BCUT2D eigenvalue weighted by molar-refractivity contribution is 5.85. The van der Waals surface area contributed by atoms with Crippen molar-refractivity contribution >= 4 is 30.7 Å². The SMILES string of the molecule is CNCC1CCN(C(=O)C(c2ccccc2)N(C)C)CC1.Cl.Cl. The Morgan fingerprint density at radius 1 is 1.22 bits per heavy atom. The number of carbonyl (C=O) groups excluding carboxylic acids is 1. The Hall–Kier alpha value is -0.810. The maximum absolute atomic E-state index is 12.9. The smallest absolute Gasteiger partial charge is 0.244 e. The number of hydrogen-bond donors (Lipinski definition) is 1. The molecule has 0 aromatic heterocycles. The lowest BCUT2D eigenvalue weighted by atomic mass is 9.95. The molecule has 1 fully saturated rings. The number of nitrogens with one attached hydrogen (secondary N) is 1. The molecule has 1 aromatic rings. The molecule has 1 amide bonds. The van der Waals surface area contributed by atoms with E-state index in [9.17, 15) is 4.79 Å². The van der Waals surface area contributed by atoms with E-state index in [-0.39, 0.29) is 36.8 Å². The topological polar surface area (TPSA) is 35.6 Å². The summed E-state index contributed by atoms with van der Waals surface area (Å²) < 4.78 is 0. The van der Waals surface area contributed by atoms with E-state index in [1.54, 1.807) is 0 Å². The Kier molecular flexibility index (Phi) is 10.5. The third kappa shape index (κ3) is 5.96. The first-order valence-electron chi connectivity index (χ1n) is 7.78. The van der Waals surface area contributed by atoms with Crippen molar-refractivity contribution in [3.8, 4) is 0 Å². The summed E-state index contributed by atoms with van der Waals surface area (Å²) >= 11 is 0. The summed E-state index contributed by atoms with van der Waals surface area (Å²) in [7, 11) is 5.95. The second-order valence-electron chi connectivity index (χ2n) is 6.10. The molecule has 1 heterocycles. The molecule has 1 aliphatic heterocycles. The van der Waals surface area contributed by atoms with Crippen LogP contribution in [0.1, 0.15) is 24.4 Å². The predicted octanol–water partition coefficient (Wildman–Crippen LogP) is 2.59. The van der Waals surface area contributed by atoms with Gasteiger partial charge in [-0.15, -0.1) is 24.8 Å². The van der Waals surface area contributed by atoms with Crippen molar-refractivity contribution in [2.75, 3.05) is 40.8 Å². The minimum Gasteiger partial charge on any atom is -0.341 e. The molecule has 1 atom stereocenters. The van der Waals surface area contributed by atoms with Crippen LogP contribution in [0.3, 0.4) is 0 Å². The van der Waals surface area contributed by atoms with Gasteiger partial charge in [-0.3, -0.25) is 9.69 Å². The summed E-state index contributed by atoms with van der Waals surface area (Å²) in [6.07, 6.45) is 2.20. The van der Waals surface area contributed by atoms with Crippen LogP contribution in [-0.4, -0.2) is 56.5 Å². The number of likely N-dealkylation sites (N-methyl/N-ethyl adjacent to an activating group) is 1. The number of nitrogens with zero attached hydrogens (tertiary/aromatic N) is 2. The van der Waals surface area contributed by atoms with Gasteiger partial charge < -0.3 is 10.2 Å². The van der Waals surface area contributed by atoms with Crippen LogP contribution in [0.2, 0.25) is 0 Å². The number of carbonyl (C=O) groups is 1. The van der Waals surface area contributed by atoms with E-state index in [1.165, 1.54) is 0 Å². The van der Waals surface area contributed by atoms with Crippen LogP contribution < -0.4 is 5.32 Å². The zero-order valence-electron chi connectivity index (χ0n) is 14.2. The lowest BCUT2D eigenvalue weighted by molar-refractivity contribution is -0.137. The molecule has 1 saturated heterocycles. The minimum absolute atomic E-state index is 0. The molecule has 1 aliphatic rings. The normalized spacial score (nSPS) is 16.4. The third-order valence-corrected chi connectivity index (χ3v) is 4.28. The monoisotopic (exact) mass is 361 g/mol. The number of halogens is 2. The zero-order chi connectivity index (χ0) is 15.2. The average molecular weight is 362 g/mol. The molecule has 0 spiro atoms. The summed E-state index contributed by atoms with van der Waals surface area (Å²) in [6.45, 7) is 2.81. The zero-order valence-corrected chi connectivity index (χ0v) is 15.8. The van der Waals surface area contributed by atoms with Gasteiger partial charge in [-0.1, -0.05) is 30.3 Å². The van der Waals surface area contributed by atoms with Crippen molar-refractivity contribution in [2.24, 2.45) is 5.92 Å². The summed E-state index contributed by atoms with van der Waals surface area (Å²) in [4.78, 5) is 16.9. The van der Waals surface area contributed by atoms with E-state index in [1.807, 2.05) is 61.3 Å². The molecule has 1 unspecified atom stereocenters. The molecule has 0 aliphatic carbocycles. The van der Waals surface area contributed by atoms with E-state index in [4.69, 9.17) is 0 Å². The number of rotatable bonds is 5. The lowest BCUT2D eigenvalue weighted by Crippen LogP contribution is -2.45. The van der Waals surface area contributed by atoms with Crippen LogP contribution in [0.15, 0.2) is 30.3 Å². The molecule has 0 radical (unpaired) electrons. The largest absolute Gasteiger partial charge is 0.341 e. The van der Waals surface area contributed by atoms with E-state index in [0.29, 0.717) is 5.92 Å².